The summed E-state index contributed by atoms with van der Waals surface area (Å²) in [6.45, 7) is 0. The Labute approximate surface area is 129 Å². The number of ether oxygens (including phenoxy) is 1. The number of amides is 1. The van der Waals surface area contributed by atoms with Gasteiger partial charge in [0.2, 0.25) is 0 Å². The lowest BCUT2D eigenvalue weighted by molar-refractivity contribution is 0.102. The van der Waals surface area contributed by atoms with Gasteiger partial charge in [-0.1, -0.05) is 11.6 Å². The third-order valence-corrected chi connectivity index (χ3v) is 3.64. The number of methoxy groups -OCH3 is 1. The highest BCUT2D eigenvalue weighted by Gasteiger charge is 2.13. The van der Waals surface area contributed by atoms with Crippen molar-refractivity contribution in [2.45, 2.75) is 0 Å². The molecule has 0 bridgehead atoms. The average molecular weight is 357 g/mol. The molecule has 2 aromatic rings. The quantitative estimate of drug-likeness (QED) is 0.871. The molecule has 6 heteroatoms. The standard InChI is InChI=1S/C14H11BrClNO3/c1-20-9-3-4-11(15)13(7-9)17-14(19)10-6-8(18)2-5-12(10)16/h2-7,18H,1H3,(H,17,19). The van der Waals surface area contributed by atoms with Crippen molar-refractivity contribution < 1.29 is 14.6 Å². The Morgan fingerprint density at radius 3 is 2.75 bits per heavy atom. The van der Waals surface area contributed by atoms with Gasteiger partial charge < -0.3 is 15.2 Å². The Hall–Kier alpha value is -1.72. The highest BCUT2D eigenvalue weighted by molar-refractivity contribution is 9.10. The zero-order valence-electron chi connectivity index (χ0n) is 10.5. The number of carbonyl (C=O) groups excluding carboxylic acids is 1. The molecule has 0 spiro atoms. The number of anilines is 1. The van der Waals surface area contributed by atoms with Crippen LogP contribution in [0.25, 0.3) is 0 Å². The first kappa shape index (κ1) is 14.7. The monoisotopic (exact) mass is 355 g/mol. The van der Waals surface area contributed by atoms with Crippen molar-refractivity contribution in [1.29, 1.82) is 0 Å². The molecule has 0 fully saturated rings. The maximum atomic E-state index is 12.2. The van der Waals surface area contributed by atoms with Crippen LogP contribution in [-0.2, 0) is 0 Å². The molecular formula is C14H11BrClNO3. The molecule has 0 aromatic heterocycles. The SMILES string of the molecule is COc1ccc(Br)c(NC(=O)c2cc(O)ccc2Cl)c1. The van der Waals surface area contributed by atoms with E-state index in [1.54, 1.807) is 25.3 Å². The Balaban J connectivity index is 2.30. The van der Waals surface area contributed by atoms with Crippen LogP contribution >= 0.6 is 27.5 Å². The van der Waals surface area contributed by atoms with Gasteiger partial charge in [-0.15, -0.1) is 0 Å². The molecule has 104 valence electrons. The van der Waals surface area contributed by atoms with Gasteiger partial charge in [0, 0.05) is 10.5 Å². The van der Waals surface area contributed by atoms with Gasteiger partial charge in [0.25, 0.3) is 5.91 Å². The van der Waals surface area contributed by atoms with Crippen molar-refractivity contribution >= 4 is 39.1 Å². The van der Waals surface area contributed by atoms with Crippen LogP contribution in [0.15, 0.2) is 40.9 Å². The predicted octanol–water partition coefficient (Wildman–Crippen LogP) is 4.07. The Morgan fingerprint density at radius 1 is 1.30 bits per heavy atom. The lowest BCUT2D eigenvalue weighted by atomic mass is 10.2. The zero-order valence-corrected chi connectivity index (χ0v) is 12.8. The molecule has 2 rings (SSSR count). The van der Waals surface area contributed by atoms with E-state index in [4.69, 9.17) is 16.3 Å². The first-order valence-electron chi connectivity index (χ1n) is 5.64. The van der Waals surface area contributed by atoms with E-state index in [1.807, 2.05) is 0 Å². The Morgan fingerprint density at radius 2 is 2.05 bits per heavy atom. The smallest absolute Gasteiger partial charge is 0.257 e. The summed E-state index contributed by atoms with van der Waals surface area (Å²) in [6, 6.07) is 9.40. The lowest BCUT2D eigenvalue weighted by Gasteiger charge is -2.10. The van der Waals surface area contributed by atoms with Crippen molar-refractivity contribution in [2.75, 3.05) is 12.4 Å². The molecule has 0 saturated heterocycles. The number of rotatable bonds is 3. The third-order valence-electron chi connectivity index (χ3n) is 2.62. The molecule has 0 aliphatic heterocycles. The molecule has 0 heterocycles. The van der Waals surface area contributed by atoms with E-state index >= 15 is 0 Å². The molecule has 4 nitrogen and oxygen atoms in total. The van der Waals surface area contributed by atoms with E-state index < -0.39 is 5.91 Å². The summed E-state index contributed by atoms with van der Waals surface area (Å²) in [5.41, 5.74) is 0.746. The molecule has 20 heavy (non-hydrogen) atoms. The third kappa shape index (κ3) is 3.23. The normalized spacial score (nSPS) is 10.2. The number of hydrogen-bond donors (Lipinski definition) is 2. The number of carbonyl (C=O) groups is 1. The van der Waals surface area contributed by atoms with Gasteiger partial charge >= 0.3 is 0 Å². The van der Waals surface area contributed by atoms with E-state index in [2.05, 4.69) is 21.2 Å². The van der Waals surface area contributed by atoms with E-state index in [0.29, 0.717) is 15.9 Å². The molecule has 2 N–H and O–H groups in total. The minimum Gasteiger partial charge on any atom is -0.508 e. The van der Waals surface area contributed by atoms with Crippen LogP contribution in [-0.4, -0.2) is 18.1 Å². The van der Waals surface area contributed by atoms with Crippen LogP contribution in [0.2, 0.25) is 5.02 Å². The average Bonchev–Trinajstić information content (AvgIpc) is 2.43. The fourth-order valence-electron chi connectivity index (χ4n) is 1.60. The van der Waals surface area contributed by atoms with Gasteiger partial charge in [-0.25, -0.2) is 0 Å². The number of halogens is 2. The number of nitrogens with one attached hydrogen (secondary N) is 1. The first-order valence-corrected chi connectivity index (χ1v) is 6.82. The maximum absolute atomic E-state index is 12.2. The second-order valence-electron chi connectivity index (χ2n) is 3.96. The van der Waals surface area contributed by atoms with Gasteiger partial charge in [0.1, 0.15) is 11.5 Å². The van der Waals surface area contributed by atoms with Crippen molar-refractivity contribution in [2.24, 2.45) is 0 Å². The molecule has 0 aliphatic rings. The molecule has 1 amide bonds. The molecule has 2 aromatic carbocycles. The van der Waals surface area contributed by atoms with Crippen molar-refractivity contribution in [3.8, 4) is 11.5 Å². The Kier molecular flexibility index (Phi) is 4.52. The molecular weight excluding hydrogens is 346 g/mol. The minimum atomic E-state index is -0.417. The summed E-state index contributed by atoms with van der Waals surface area (Å²) < 4.78 is 5.81. The summed E-state index contributed by atoms with van der Waals surface area (Å²) in [6.07, 6.45) is 0. The summed E-state index contributed by atoms with van der Waals surface area (Å²) >= 11 is 9.29. The van der Waals surface area contributed by atoms with Gasteiger partial charge in [0.15, 0.2) is 0 Å². The number of hydrogen-bond acceptors (Lipinski definition) is 3. The molecule has 0 saturated carbocycles. The largest absolute Gasteiger partial charge is 0.508 e. The van der Waals surface area contributed by atoms with Gasteiger partial charge in [-0.2, -0.15) is 0 Å². The van der Waals surface area contributed by atoms with Gasteiger partial charge in [-0.05, 0) is 46.3 Å². The zero-order chi connectivity index (χ0) is 14.7. The van der Waals surface area contributed by atoms with Crippen LogP contribution in [0.4, 0.5) is 5.69 Å². The number of phenols is 1. The first-order chi connectivity index (χ1) is 9.51. The van der Waals surface area contributed by atoms with E-state index in [1.165, 1.54) is 18.2 Å². The fraction of sp³-hybridized carbons (Fsp3) is 0.0714. The van der Waals surface area contributed by atoms with Crippen molar-refractivity contribution in [1.82, 2.24) is 0 Å². The van der Waals surface area contributed by atoms with Crippen molar-refractivity contribution in [3.63, 3.8) is 0 Å². The van der Waals surface area contributed by atoms with E-state index in [-0.39, 0.29) is 16.3 Å². The predicted molar refractivity (Wildman–Crippen MR) is 81.8 cm³/mol. The van der Waals surface area contributed by atoms with Crippen LogP contribution in [0.5, 0.6) is 11.5 Å². The number of phenolic OH excluding ortho intramolecular Hbond substituents is 1. The molecule has 0 atom stereocenters. The van der Waals surface area contributed by atoms with Crippen molar-refractivity contribution in [3.05, 3.63) is 51.5 Å². The summed E-state index contributed by atoms with van der Waals surface area (Å²) in [5.74, 6) is 0.176. The minimum absolute atomic E-state index is 0.0238. The summed E-state index contributed by atoms with van der Waals surface area (Å²) in [5, 5.41) is 12.4. The Bertz CT molecular complexity index is 661. The number of aromatic hydroxyl groups is 1. The van der Waals surface area contributed by atoms with E-state index in [0.717, 1.165) is 0 Å². The summed E-state index contributed by atoms with van der Waals surface area (Å²) in [4.78, 5) is 12.2. The second-order valence-corrected chi connectivity index (χ2v) is 5.23. The fourth-order valence-corrected chi connectivity index (χ4v) is 2.15. The van der Waals surface area contributed by atoms with E-state index in [9.17, 15) is 9.90 Å². The number of benzene rings is 2. The molecule has 0 aliphatic carbocycles. The summed E-state index contributed by atoms with van der Waals surface area (Å²) in [7, 11) is 1.54. The van der Waals surface area contributed by atoms with Crippen LogP contribution in [0, 0.1) is 0 Å². The maximum Gasteiger partial charge on any atom is 0.257 e. The van der Waals surface area contributed by atoms with Gasteiger partial charge in [0.05, 0.1) is 23.4 Å². The lowest BCUT2D eigenvalue weighted by Crippen LogP contribution is -2.12. The van der Waals surface area contributed by atoms with Gasteiger partial charge in [-0.3, -0.25) is 4.79 Å². The second kappa shape index (κ2) is 6.15. The van der Waals surface area contributed by atoms with Crippen LogP contribution < -0.4 is 10.1 Å². The van der Waals surface area contributed by atoms with Crippen LogP contribution in [0.3, 0.4) is 0 Å². The highest BCUT2D eigenvalue weighted by atomic mass is 79.9. The molecule has 0 radical (unpaired) electrons. The highest BCUT2D eigenvalue weighted by Crippen LogP contribution is 2.29. The molecule has 0 unspecified atom stereocenters. The topological polar surface area (TPSA) is 58.6 Å². The van der Waals surface area contributed by atoms with Crippen LogP contribution in [0.1, 0.15) is 10.4 Å².